The Labute approximate surface area is 216 Å². The standard InChI is InChI=1S/C30H46F2N4/c1-4-6-7-8-11-20-33-21-22(3)25-14-15-28-29(24(25)5-2)35-36(28)27-13-10-9-12-26(27)34-23-16-18-30(31,32)19-17-23/h4,14-15,23,26-27,33-35H,1,3,5-13,16-21H2,2H3. The summed E-state index contributed by atoms with van der Waals surface area (Å²) in [6.07, 6.45) is 13.5. The van der Waals surface area contributed by atoms with Crippen LogP contribution in [-0.4, -0.2) is 40.9 Å². The van der Waals surface area contributed by atoms with Crippen molar-refractivity contribution in [2.75, 3.05) is 13.1 Å². The summed E-state index contributed by atoms with van der Waals surface area (Å²) >= 11 is 0. The Morgan fingerprint density at radius 3 is 2.67 bits per heavy atom. The molecule has 1 aromatic carbocycles. The van der Waals surface area contributed by atoms with Crippen LogP contribution in [0.25, 0.3) is 16.6 Å². The van der Waals surface area contributed by atoms with Crippen molar-refractivity contribution in [3.05, 3.63) is 42.5 Å². The summed E-state index contributed by atoms with van der Waals surface area (Å²) in [5.74, 6) is -2.47. The fraction of sp³-hybridized carbons (Fsp3) is 0.667. The lowest BCUT2D eigenvalue weighted by atomic mass is 9.86. The van der Waals surface area contributed by atoms with E-state index in [0.29, 0.717) is 24.9 Å². The van der Waals surface area contributed by atoms with Crippen LogP contribution in [0.15, 0.2) is 31.4 Å². The van der Waals surface area contributed by atoms with Crippen LogP contribution in [0.3, 0.4) is 0 Å². The molecular formula is C30H46F2N4. The van der Waals surface area contributed by atoms with Crippen LogP contribution in [0.1, 0.15) is 101 Å². The van der Waals surface area contributed by atoms with Crippen molar-refractivity contribution in [2.45, 2.75) is 114 Å². The van der Waals surface area contributed by atoms with E-state index in [0.717, 1.165) is 44.3 Å². The molecule has 2 aliphatic carbocycles. The molecule has 2 atom stereocenters. The first-order chi connectivity index (χ1) is 17.4. The van der Waals surface area contributed by atoms with Gasteiger partial charge in [0.2, 0.25) is 5.92 Å². The maximum Gasteiger partial charge on any atom is 0.248 e. The number of halogens is 2. The van der Waals surface area contributed by atoms with E-state index in [2.05, 4.69) is 52.6 Å². The second-order valence-corrected chi connectivity index (χ2v) is 11.0. The fourth-order valence-corrected chi connectivity index (χ4v) is 6.22. The van der Waals surface area contributed by atoms with Crippen LogP contribution in [0.4, 0.5) is 8.78 Å². The molecule has 0 bridgehead atoms. The van der Waals surface area contributed by atoms with Gasteiger partial charge in [-0.3, -0.25) is 9.78 Å². The summed E-state index contributed by atoms with van der Waals surface area (Å²) in [6.45, 7) is 12.2. The number of aromatic amines is 1. The summed E-state index contributed by atoms with van der Waals surface area (Å²) < 4.78 is 29.6. The zero-order chi connectivity index (χ0) is 25.5. The zero-order valence-electron chi connectivity index (χ0n) is 22.2. The Morgan fingerprint density at radius 1 is 1.14 bits per heavy atom. The number of nitrogens with one attached hydrogen (secondary N) is 3. The lowest BCUT2D eigenvalue weighted by Gasteiger charge is -2.40. The van der Waals surface area contributed by atoms with E-state index in [-0.39, 0.29) is 18.9 Å². The smallest absolute Gasteiger partial charge is 0.248 e. The number of alkyl halides is 2. The first-order valence-electron chi connectivity index (χ1n) is 14.3. The first kappa shape index (κ1) is 27.1. The van der Waals surface area contributed by atoms with Crippen molar-refractivity contribution in [3.8, 4) is 0 Å². The maximum absolute atomic E-state index is 13.6. The quantitative estimate of drug-likeness (QED) is 0.197. The van der Waals surface area contributed by atoms with Crippen molar-refractivity contribution in [2.24, 2.45) is 0 Å². The zero-order valence-corrected chi connectivity index (χ0v) is 22.2. The molecule has 36 heavy (non-hydrogen) atoms. The molecule has 0 spiro atoms. The van der Waals surface area contributed by atoms with Crippen LogP contribution in [0.2, 0.25) is 0 Å². The molecule has 200 valence electrons. The molecule has 4 nitrogen and oxygen atoms in total. The van der Waals surface area contributed by atoms with Crippen LogP contribution < -0.4 is 10.6 Å². The number of aryl methyl sites for hydroxylation is 1. The number of nitrogens with zero attached hydrogens (tertiary/aromatic N) is 1. The van der Waals surface area contributed by atoms with E-state index in [1.807, 2.05) is 6.08 Å². The molecule has 2 aliphatic rings. The SMILES string of the molecule is C=CCCCCCNCC(=C)c1ccc2c([nH]n2C2CCCCC2NC2CCC(F)(F)CC2)c1CC. The van der Waals surface area contributed by atoms with E-state index in [1.165, 1.54) is 54.3 Å². The van der Waals surface area contributed by atoms with Gasteiger partial charge in [0, 0.05) is 31.5 Å². The Bertz CT molecular complexity index is 994. The molecule has 6 heteroatoms. The highest BCUT2D eigenvalue weighted by Crippen LogP contribution is 2.37. The molecule has 0 aliphatic heterocycles. The Kier molecular flexibility index (Phi) is 9.46. The summed E-state index contributed by atoms with van der Waals surface area (Å²) in [6, 6.07) is 5.39. The van der Waals surface area contributed by atoms with Crippen molar-refractivity contribution >= 4 is 16.6 Å². The van der Waals surface area contributed by atoms with Crippen molar-refractivity contribution in [1.82, 2.24) is 20.4 Å². The number of allylic oxidation sites excluding steroid dienone is 1. The molecule has 1 heterocycles. The van der Waals surface area contributed by atoms with Gasteiger partial charge in [-0.25, -0.2) is 8.78 Å². The molecule has 3 N–H and O–H groups in total. The third-order valence-electron chi connectivity index (χ3n) is 8.35. The molecule has 2 aromatic rings. The highest BCUT2D eigenvalue weighted by Gasteiger charge is 2.37. The normalized spacial score (nSPS) is 22.8. The first-order valence-corrected chi connectivity index (χ1v) is 14.3. The number of H-pyrrole nitrogens is 1. The van der Waals surface area contributed by atoms with Gasteiger partial charge in [-0.15, -0.1) is 6.58 Å². The van der Waals surface area contributed by atoms with E-state index in [4.69, 9.17) is 0 Å². The van der Waals surface area contributed by atoms with Crippen molar-refractivity contribution in [1.29, 1.82) is 0 Å². The van der Waals surface area contributed by atoms with Gasteiger partial charge < -0.3 is 10.6 Å². The van der Waals surface area contributed by atoms with Crippen LogP contribution >= 0.6 is 0 Å². The Hall–Kier alpha value is -1.92. The van der Waals surface area contributed by atoms with Gasteiger partial charge in [-0.05, 0) is 80.7 Å². The molecule has 2 fully saturated rings. The van der Waals surface area contributed by atoms with Gasteiger partial charge in [0.1, 0.15) is 0 Å². The average molecular weight is 501 g/mol. The van der Waals surface area contributed by atoms with Gasteiger partial charge in [0.15, 0.2) is 0 Å². The lowest BCUT2D eigenvalue weighted by molar-refractivity contribution is -0.0421. The molecule has 2 unspecified atom stereocenters. The third-order valence-corrected chi connectivity index (χ3v) is 8.35. The van der Waals surface area contributed by atoms with Crippen LogP contribution in [0.5, 0.6) is 0 Å². The number of hydrogen-bond acceptors (Lipinski definition) is 2. The van der Waals surface area contributed by atoms with Gasteiger partial charge >= 0.3 is 0 Å². The van der Waals surface area contributed by atoms with E-state index < -0.39 is 5.92 Å². The predicted molar refractivity (Wildman–Crippen MR) is 148 cm³/mol. The summed E-state index contributed by atoms with van der Waals surface area (Å²) in [5, 5.41) is 11.0. The van der Waals surface area contributed by atoms with Gasteiger partial charge in [0.25, 0.3) is 0 Å². The number of rotatable bonds is 13. The van der Waals surface area contributed by atoms with E-state index >= 15 is 0 Å². The number of unbranched alkanes of at least 4 members (excludes halogenated alkanes) is 3. The summed E-state index contributed by atoms with van der Waals surface area (Å²) in [4.78, 5) is 0. The summed E-state index contributed by atoms with van der Waals surface area (Å²) in [5.41, 5.74) is 6.25. The number of benzene rings is 1. The topological polar surface area (TPSA) is 44.8 Å². The van der Waals surface area contributed by atoms with Gasteiger partial charge in [-0.1, -0.05) is 44.9 Å². The predicted octanol–water partition coefficient (Wildman–Crippen LogP) is 7.53. The Balaban J connectivity index is 1.39. The minimum atomic E-state index is -2.47. The summed E-state index contributed by atoms with van der Waals surface area (Å²) in [7, 11) is 0. The number of fused-ring (bicyclic) bond motifs is 1. The number of aromatic nitrogens is 2. The molecule has 0 radical (unpaired) electrons. The van der Waals surface area contributed by atoms with Crippen LogP contribution in [0, 0.1) is 0 Å². The molecule has 0 amide bonds. The lowest BCUT2D eigenvalue weighted by Crippen LogP contribution is -2.48. The second-order valence-electron chi connectivity index (χ2n) is 11.0. The van der Waals surface area contributed by atoms with Crippen LogP contribution in [-0.2, 0) is 6.42 Å². The molecule has 4 rings (SSSR count). The molecular weight excluding hydrogens is 454 g/mol. The second kappa shape index (κ2) is 12.6. The average Bonchev–Trinajstić information content (AvgIpc) is 2.86. The van der Waals surface area contributed by atoms with Crippen molar-refractivity contribution in [3.63, 3.8) is 0 Å². The third kappa shape index (κ3) is 6.49. The largest absolute Gasteiger partial charge is 0.313 e. The van der Waals surface area contributed by atoms with Gasteiger partial charge in [-0.2, -0.15) is 0 Å². The molecule has 1 aromatic heterocycles. The van der Waals surface area contributed by atoms with Crippen molar-refractivity contribution < 1.29 is 8.78 Å². The number of hydrogen-bond donors (Lipinski definition) is 3. The fourth-order valence-electron chi connectivity index (χ4n) is 6.22. The minimum absolute atomic E-state index is 0.0174. The van der Waals surface area contributed by atoms with E-state index in [9.17, 15) is 8.78 Å². The van der Waals surface area contributed by atoms with Gasteiger partial charge in [0.05, 0.1) is 17.1 Å². The minimum Gasteiger partial charge on any atom is -0.313 e. The monoisotopic (exact) mass is 500 g/mol. The Morgan fingerprint density at radius 2 is 1.92 bits per heavy atom. The molecule has 0 saturated heterocycles. The highest BCUT2D eigenvalue weighted by atomic mass is 19.3. The maximum atomic E-state index is 13.6. The van der Waals surface area contributed by atoms with E-state index in [1.54, 1.807) is 0 Å². The molecule has 2 saturated carbocycles. The highest BCUT2D eigenvalue weighted by molar-refractivity contribution is 5.87.